The first-order valence-corrected chi connectivity index (χ1v) is 8.73. The normalized spacial score (nSPS) is 28.0. The van der Waals surface area contributed by atoms with Gasteiger partial charge in [-0.3, -0.25) is 4.79 Å². The molecule has 1 aromatic carbocycles. The highest BCUT2D eigenvalue weighted by atomic mass is 35.5. The van der Waals surface area contributed by atoms with Gasteiger partial charge in [-0.15, -0.1) is 12.4 Å². The molecule has 0 aliphatic carbocycles. The highest BCUT2D eigenvalue weighted by Gasteiger charge is 2.33. The molecule has 0 amide bonds. The SMILES string of the molecule is CCCO[C@H]1CCC[C@H](N)C(=O)O[C@@H](C)[C@@H]1Cc1ccccc1.Cl. The zero-order chi connectivity index (χ0) is 16.7. The molecule has 2 rings (SSSR count). The Hall–Kier alpha value is -1.10. The van der Waals surface area contributed by atoms with Crippen LogP contribution in [0.3, 0.4) is 0 Å². The highest BCUT2D eigenvalue weighted by molar-refractivity contribution is 5.85. The van der Waals surface area contributed by atoms with E-state index in [1.807, 2.05) is 25.1 Å². The van der Waals surface area contributed by atoms with Gasteiger partial charge >= 0.3 is 5.97 Å². The number of hydrogen-bond donors (Lipinski definition) is 1. The summed E-state index contributed by atoms with van der Waals surface area (Å²) in [4.78, 5) is 12.1. The van der Waals surface area contributed by atoms with Crippen molar-refractivity contribution in [3.05, 3.63) is 35.9 Å². The van der Waals surface area contributed by atoms with Gasteiger partial charge in [-0.2, -0.15) is 0 Å². The molecule has 5 heteroatoms. The maximum Gasteiger partial charge on any atom is 0.323 e. The van der Waals surface area contributed by atoms with Crippen LogP contribution in [-0.4, -0.2) is 30.8 Å². The fourth-order valence-corrected chi connectivity index (χ4v) is 3.19. The van der Waals surface area contributed by atoms with Crippen molar-refractivity contribution in [1.29, 1.82) is 0 Å². The van der Waals surface area contributed by atoms with Crippen LogP contribution in [0.25, 0.3) is 0 Å². The van der Waals surface area contributed by atoms with Crippen LogP contribution in [0.1, 0.15) is 45.1 Å². The van der Waals surface area contributed by atoms with E-state index in [0.29, 0.717) is 6.42 Å². The number of esters is 1. The molecule has 0 spiro atoms. The van der Waals surface area contributed by atoms with Gasteiger partial charge in [-0.05, 0) is 44.6 Å². The van der Waals surface area contributed by atoms with Crippen molar-refractivity contribution in [1.82, 2.24) is 0 Å². The summed E-state index contributed by atoms with van der Waals surface area (Å²) in [5, 5.41) is 0. The van der Waals surface area contributed by atoms with Crippen molar-refractivity contribution in [2.75, 3.05) is 6.61 Å². The van der Waals surface area contributed by atoms with E-state index in [1.165, 1.54) is 5.56 Å². The second-order valence-electron chi connectivity index (χ2n) is 6.44. The topological polar surface area (TPSA) is 61.5 Å². The Labute approximate surface area is 151 Å². The van der Waals surface area contributed by atoms with Gasteiger partial charge in [0.1, 0.15) is 12.1 Å². The van der Waals surface area contributed by atoms with Gasteiger partial charge in [0.2, 0.25) is 0 Å². The summed E-state index contributed by atoms with van der Waals surface area (Å²) in [7, 11) is 0. The minimum Gasteiger partial charge on any atom is -0.461 e. The molecule has 1 aliphatic heterocycles. The first-order chi connectivity index (χ1) is 11.1. The van der Waals surface area contributed by atoms with Crippen LogP contribution >= 0.6 is 12.4 Å². The van der Waals surface area contributed by atoms with Gasteiger partial charge in [0.05, 0.1) is 6.10 Å². The van der Waals surface area contributed by atoms with Crippen molar-refractivity contribution >= 4 is 18.4 Å². The molecule has 0 aromatic heterocycles. The van der Waals surface area contributed by atoms with Crippen LogP contribution in [0.5, 0.6) is 0 Å². The third-order valence-corrected chi connectivity index (χ3v) is 4.54. The van der Waals surface area contributed by atoms with E-state index in [-0.39, 0.29) is 36.5 Å². The number of cyclic esters (lactones) is 1. The third-order valence-electron chi connectivity index (χ3n) is 4.54. The van der Waals surface area contributed by atoms with Crippen LogP contribution in [0, 0.1) is 5.92 Å². The lowest BCUT2D eigenvalue weighted by Crippen LogP contribution is -2.39. The summed E-state index contributed by atoms with van der Waals surface area (Å²) in [5.74, 6) is -0.134. The van der Waals surface area contributed by atoms with Crippen LogP contribution < -0.4 is 5.73 Å². The molecule has 1 fully saturated rings. The van der Waals surface area contributed by atoms with Gasteiger partial charge in [0.15, 0.2) is 0 Å². The van der Waals surface area contributed by atoms with Crippen LogP contribution in [0.2, 0.25) is 0 Å². The van der Waals surface area contributed by atoms with Crippen molar-refractivity contribution in [3.63, 3.8) is 0 Å². The molecule has 4 nitrogen and oxygen atoms in total. The van der Waals surface area contributed by atoms with Gasteiger partial charge < -0.3 is 15.2 Å². The molecule has 0 radical (unpaired) electrons. The number of ether oxygens (including phenoxy) is 2. The molecule has 1 aliphatic rings. The Morgan fingerprint density at radius 1 is 1.25 bits per heavy atom. The average molecular weight is 356 g/mol. The number of carbonyl (C=O) groups excluding carboxylic acids is 1. The summed E-state index contributed by atoms with van der Waals surface area (Å²) in [5.41, 5.74) is 7.15. The molecule has 4 atom stereocenters. The molecule has 1 heterocycles. The predicted octanol–water partition coefficient (Wildman–Crippen LogP) is 3.51. The summed E-state index contributed by atoms with van der Waals surface area (Å²) >= 11 is 0. The predicted molar refractivity (Wildman–Crippen MR) is 98.3 cm³/mol. The quantitative estimate of drug-likeness (QED) is 0.821. The van der Waals surface area contributed by atoms with E-state index in [2.05, 4.69) is 19.1 Å². The van der Waals surface area contributed by atoms with E-state index in [1.54, 1.807) is 0 Å². The molecule has 0 saturated carbocycles. The number of halogens is 1. The van der Waals surface area contributed by atoms with Crippen molar-refractivity contribution in [2.45, 2.75) is 64.2 Å². The number of benzene rings is 1. The van der Waals surface area contributed by atoms with E-state index < -0.39 is 6.04 Å². The summed E-state index contributed by atoms with van der Waals surface area (Å²) in [6.45, 7) is 4.81. The third kappa shape index (κ3) is 6.08. The van der Waals surface area contributed by atoms with E-state index in [4.69, 9.17) is 15.2 Å². The molecular weight excluding hydrogens is 326 g/mol. The highest BCUT2D eigenvalue weighted by Crippen LogP contribution is 2.27. The zero-order valence-electron chi connectivity index (χ0n) is 14.6. The maximum absolute atomic E-state index is 12.1. The number of nitrogens with two attached hydrogens (primary N) is 1. The molecular formula is C19H30ClNO3. The Balaban J connectivity index is 0.00000288. The molecule has 0 bridgehead atoms. The van der Waals surface area contributed by atoms with Gasteiger partial charge in [-0.1, -0.05) is 37.3 Å². The first kappa shape index (κ1) is 20.9. The molecule has 1 saturated heterocycles. The number of carbonyl (C=O) groups is 1. The minimum absolute atomic E-state index is 0. The van der Waals surface area contributed by atoms with E-state index in [9.17, 15) is 4.79 Å². The number of rotatable bonds is 5. The summed E-state index contributed by atoms with van der Waals surface area (Å²) < 4.78 is 11.8. The fourth-order valence-electron chi connectivity index (χ4n) is 3.19. The molecule has 24 heavy (non-hydrogen) atoms. The standard InChI is InChI=1S/C19H29NO3.ClH/c1-3-12-22-18-11-7-10-17(20)19(21)23-14(2)16(18)13-15-8-5-4-6-9-15;/h4-6,8-9,14,16-18H,3,7,10-13,20H2,1-2H3;1H/t14-,16-,17-,18-;/m0./s1. The monoisotopic (exact) mass is 355 g/mol. The first-order valence-electron chi connectivity index (χ1n) is 8.73. The smallest absolute Gasteiger partial charge is 0.323 e. The second-order valence-corrected chi connectivity index (χ2v) is 6.44. The van der Waals surface area contributed by atoms with Crippen LogP contribution in [0.15, 0.2) is 30.3 Å². The molecule has 0 unspecified atom stereocenters. The van der Waals surface area contributed by atoms with E-state index >= 15 is 0 Å². The largest absolute Gasteiger partial charge is 0.461 e. The summed E-state index contributed by atoms with van der Waals surface area (Å²) in [6, 6.07) is 9.81. The molecule has 2 N–H and O–H groups in total. The van der Waals surface area contributed by atoms with E-state index in [0.717, 1.165) is 32.3 Å². The molecule has 1 aromatic rings. The van der Waals surface area contributed by atoms with Crippen molar-refractivity contribution in [3.8, 4) is 0 Å². The Morgan fingerprint density at radius 3 is 2.62 bits per heavy atom. The fraction of sp³-hybridized carbons (Fsp3) is 0.632. The Kier molecular flexibility index (Phi) is 9.34. The van der Waals surface area contributed by atoms with Gasteiger partial charge in [0.25, 0.3) is 0 Å². The summed E-state index contributed by atoms with van der Waals surface area (Å²) in [6.07, 6.45) is 4.21. The lowest BCUT2D eigenvalue weighted by molar-refractivity contribution is -0.154. The minimum atomic E-state index is -0.514. The average Bonchev–Trinajstić information content (AvgIpc) is 2.60. The number of hydrogen-bond acceptors (Lipinski definition) is 4. The van der Waals surface area contributed by atoms with Crippen molar-refractivity contribution in [2.24, 2.45) is 11.7 Å². The van der Waals surface area contributed by atoms with Crippen LogP contribution in [-0.2, 0) is 20.7 Å². The maximum atomic E-state index is 12.1. The Morgan fingerprint density at radius 2 is 1.96 bits per heavy atom. The van der Waals surface area contributed by atoms with Gasteiger partial charge in [0, 0.05) is 12.5 Å². The van der Waals surface area contributed by atoms with Crippen molar-refractivity contribution < 1.29 is 14.3 Å². The lowest BCUT2D eigenvalue weighted by Gasteiger charge is -2.31. The second kappa shape index (κ2) is 10.7. The lowest BCUT2D eigenvalue weighted by atomic mass is 9.87. The van der Waals surface area contributed by atoms with Gasteiger partial charge in [-0.25, -0.2) is 0 Å². The molecule has 136 valence electrons. The Bertz CT molecular complexity index is 483. The van der Waals surface area contributed by atoms with Crippen LogP contribution in [0.4, 0.5) is 0 Å². The zero-order valence-corrected chi connectivity index (χ0v) is 15.5.